The minimum absolute atomic E-state index is 0.884. The third-order valence-corrected chi connectivity index (χ3v) is 4.88. The van der Waals surface area contributed by atoms with E-state index in [1.54, 1.807) is 14.2 Å². The average molecular weight is 374 g/mol. The Kier molecular flexibility index (Phi) is 6.90. The van der Waals surface area contributed by atoms with Crippen LogP contribution < -0.4 is 4.74 Å². The van der Waals surface area contributed by atoms with Crippen molar-refractivity contribution in [2.24, 2.45) is 4.99 Å². The molecule has 0 unspecified atom stereocenters. The van der Waals surface area contributed by atoms with Crippen LogP contribution in [0.3, 0.4) is 0 Å². The molecule has 0 amide bonds. The van der Waals surface area contributed by atoms with Crippen LogP contribution in [0.2, 0.25) is 0 Å². The number of unbranched alkanes of at least 4 members (excludes halogenated alkanes) is 1. The van der Waals surface area contributed by atoms with Gasteiger partial charge in [0.2, 0.25) is 0 Å². The summed E-state index contributed by atoms with van der Waals surface area (Å²) in [6, 6.07) is 14.7. The lowest BCUT2D eigenvalue weighted by Gasteiger charge is -2.11. The maximum absolute atomic E-state index is 5.59. The summed E-state index contributed by atoms with van der Waals surface area (Å²) in [4.78, 5) is 4.26. The van der Waals surface area contributed by atoms with Crippen molar-refractivity contribution in [1.82, 2.24) is 10.2 Å². The van der Waals surface area contributed by atoms with Crippen molar-refractivity contribution in [3.63, 3.8) is 0 Å². The van der Waals surface area contributed by atoms with Gasteiger partial charge in [-0.2, -0.15) is 10.2 Å². The van der Waals surface area contributed by atoms with Crippen molar-refractivity contribution < 1.29 is 4.74 Å². The predicted octanol–water partition coefficient (Wildman–Crippen LogP) is 5.31. The van der Waals surface area contributed by atoms with E-state index in [4.69, 9.17) is 4.74 Å². The second kappa shape index (κ2) is 9.79. The molecule has 0 N–H and O–H groups in total. The maximum atomic E-state index is 5.59. The Labute approximate surface area is 167 Å². The van der Waals surface area contributed by atoms with Crippen molar-refractivity contribution in [3.8, 4) is 5.75 Å². The molecule has 28 heavy (non-hydrogen) atoms. The SMILES string of the molecule is CCc1cc2nncc(/C(C=NC)=C/CCCc3ccccc3)c2cc1OC. The summed E-state index contributed by atoms with van der Waals surface area (Å²) in [5, 5.41) is 9.60. The molecule has 0 atom stereocenters. The van der Waals surface area contributed by atoms with E-state index in [1.165, 1.54) is 5.56 Å². The average Bonchev–Trinajstić information content (AvgIpc) is 2.75. The van der Waals surface area contributed by atoms with E-state index in [-0.39, 0.29) is 0 Å². The largest absolute Gasteiger partial charge is 0.496 e. The van der Waals surface area contributed by atoms with Gasteiger partial charge >= 0.3 is 0 Å². The summed E-state index contributed by atoms with van der Waals surface area (Å²) >= 11 is 0. The molecule has 0 spiro atoms. The van der Waals surface area contributed by atoms with Crippen LogP contribution in [-0.4, -0.2) is 30.6 Å². The zero-order chi connectivity index (χ0) is 19.8. The monoisotopic (exact) mass is 373 g/mol. The number of fused-ring (bicyclic) bond motifs is 1. The molecule has 1 heterocycles. The molecular formula is C24H27N3O. The molecule has 4 heteroatoms. The second-order valence-corrected chi connectivity index (χ2v) is 6.72. The van der Waals surface area contributed by atoms with Crippen LogP contribution >= 0.6 is 0 Å². The topological polar surface area (TPSA) is 47.4 Å². The zero-order valence-electron chi connectivity index (χ0n) is 16.9. The molecule has 0 aliphatic heterocycles. The number of aryl methyl sites for hydroxylation is 2. The van der Waals surface area contributed by atoms with Crippen molar-refractivity contribution in [2.75, 3.05) is 14.2 Å². The molecule has 0 radical (unpaired) electrons. The first-order valence-electron chi connectivity index (χ1n) is 9.75. The minimum atomic E-state index is 0.884. The summed E-state index contributed by atoms with van der Waals surface area (Å²) in [6.45, 7) is 2.11. The molecule has 3 rings (SSSR count). The fourth-order valence-corrected chi connectivity index (χ4v) is 3.40. The van der Waals surface area contributed by atoms with Crippen LogP contribution in [0.25, 0.3) is 16.5 Å². The number of nitrogens with zero attached hydrogens (tertiary/aromatic N) is 3. The number of aliphatic imine (C=N–C) groups is 1. The number of hydrogen-bond acceptors (Lipinski definition) is 4. The van der Waals surface area contributed by atoms with Crippen LogP contribution in [0.5, 0.6) is 5.75 Å². The Balaban J connectivity index is 1.89. The van der Waals surface area contributed by atoms with Crippen molar-refractivity contribution in [1.29, 1.82) is 0 Å². The van der Waals surface area contributed by atoms with Crippen LogP contribution in [0.4, 0.5) is 0 Å². The molecular weight excluding hydrogens is 346 g/mol. The summed E-state index contributed by atoms with van der Waals surface area (Å²) in [5.74, 6) is 0.890. The highest BCUT2D eigenvalue weighted by Gasteiger charge is 2.11. The quantitative estimate of drug-likeness (QED) is 0.397. The second-order valence-electron chi connectivity index (χ2n) is 6.72. The van der Waals surface area contributed by atoms with E-state index in [0.29, 0.717) is 0 Å². The summed E-state index contributed by atoms with van der Waals surface area (Å²) in [6.07, 6.45) is 9.99. The van der Waals surface area contributed by atoms with Crippen LogP contribution in [-0.2, 0) is 12.8 Å². The molecule has 0 saturated carbocycles. The zero-order valence-corrected chi connectivity index (χ0v) is 16.9. The van der Waals surface area contributed by atoms with Gasteiger partial charge in [-0.3, -0.25) is 4.99 Å². The van der Waals surface area contributed by atoms with Crippen molar-refractivity contribution in [2.45, 2.75) is 32.6 Å². The van der Waals surface area contributed by atoms with Gasteiger partial charge in [0.25, 0.3) is 0 Å². The molecule has 3 aromatic rings. The van der Waals surface area contributed by atoms with Crippen LogP contribution in [0.1, 0.15) is 36.5 Å². The molecule has 144 valence electrons. The van der Waals surface area contributed by atoms with Gasteiger partial charge in [0.05, 0.1) is 18.8 Å². The highest BCUT2D eigenvalue weighted by molar-refractivity contribution is 6.14. The fraction of sp³-hybridized carbons (Fsp3) is 0.292. The normalized spacial score (nSPS) is 12.0. The number of ether oxygens (including phenoxy) is 1. The van der Waals surface area contributed by atoms with E-state index >= 15 is 0 Å². The van der Waals surface area contributed by atoms with E-state index in [2.05, 4.69) is 70.7 Å². The third-order valence-electron chi connectivity index (χ3n) is 4.88. The lowest BCUT2D eigenvalue weighted by atomic mass is 9.99. The van der Waals surface area contributed by atoms with Gasteiger partial charge in [-0.1, -0.05) is 43.3 Å². The van der Waals surface area contributed by atoms with Gasteiger partial charge in [-0.15, -0.1) is 0 Å². The number of benzene rings is 2. The van der Waals surface area contributed by atoms with E-state index in [9.17, 15) is 0 Å². The molecule has 0 fully saturated rings. The molecule has 4 nitrogen and oxygen atoms in total. The summed E-state index contributed by atoms with van der Waals surface area (Å²) in [5.41, 5.74) is 5.50. The maximum Gasteiger partial charge on any atom is 0.122 e. The standard InChI is InChI=1S/C24H27N3O/c1-4-19-14-23-21(15-24(19)28-3)22(17-26-27-23)20(16-25-2)13-9-8-12-18-10-6-5-7-11-18/h5-7,10-11,13-17H,4,8-9,12H2,1-3H3/b20-13+,25-16?. The number of aromatic nitrogens is 2. The highest BCUT2D eigenvalue weighted by atomic mass is 16.5. The van der Waals surface area contributed by atoms with Gasteiger partial charge in [-0.05, 0) is 54.5 Å². The molecule has 1 aromatic heterocycles. The number of hydrogen-bond donors (Lipinski definition) is 0. The lowest BCUT2D eigenvalue weighted by Crippen LogP contribution is -1.97. The Morgan fingerprint density at radius 1 is 1.18 bits per heavy atom. The summed E-state index contributed by atoms with van der Waals surface area (Å²) < 4.78 is 5.59. The molecule has 0 bridgehead atoms. The first kappa shape index (κ1) is 19.7. The molecule has 2 aromatic carbocycles. The number of allylic oxidation sites excluding steroid dienone is 2. The summed E-state index contributed by atoms with van der Waals surface area (Å²) in [7, 11) is 3.51. The fourth-order valence-electron chi connectivity index (χ4n) is 3.40. The van der Waals surface area contributed by atoms with Gasteiger partial charge < -0.3 is 4.74 Å². The molecule has 0 aliphatic carbocycles. The van der Waals surface area contributed by atoms with Crippen LogP contribution in [0.15, 0.2) is 59.7 Å². The lowest BCUT2D eigenvalue weighted by molar-refractivity contribution is 0.411. The van der Waals surface area contributed by atoms with Crippen molar-refractivity contribution in [3.05, 3.63) is 71.4 Å². The van der Waals surface area contributed by atoms with Crippen LogP contribution in [0, 0.1) is 0 Å². The first-order valence-corrected chi connectivity index (χ1v) is 9.75. The highest BCUT2D eigenvalue weighted by Crippen LogP contribution is 2.30. The number of methoxy groups -OCH3 is 1. The Morgan fingerprint density at radius 3 is 2.71 bits per heavy atom. The Morgan fingerprint density at radius 2 is 2.00 bits per heavy atom. The molecule has 0 aliphatic rings. The van der Waals surface area contributed by atoms with E-state index in [0.717, 1.165) is 59.0 Å². The minimum Gasteiger partial charge on any atom is -0.496 e. The van der Waals surface area contributed by atoms with Gasteiger partial charge in [0, 0.05) is 24.2 Å². The Hall–Kier alpha value is -3.01. The predicted molar refractivity (Wildman–Crippen MR) is 117 cm³/mol. The first-order chi connectivity index (χ1) is 13.8. The Bertz CT molecular complexity index is 978. The van der Waals surface area contributed by atoms with Crippen molar-refractivity contribution >= 4 is 22.7 Å². The smallest absolute Gasteiger partial charge is 0.122 e. The van der Waals surface area contributed by atoms with Gasteiger partial charge in [0.15, 0.2) is 0 Å². The van der Waals surface area contributed by atoms with Gasteiger partial charge in [0.1, 0.15) is 5.75 Å². The van der Waals surface area contributed by atoms with Gasteiger partial charge in [-0.25, -0.2) is 0 Å². The van der Waals surface area contributed by atoms with E-state index < -0.39 is 0 Å². The number of rotatable bonds is 8. The molecule has 0 saturated heterocycles. The van der Waals surface area contributed by atoms with E-state index in [1.807, 2.05) is 12.4 Å². The third kappa shape index (κ3) is 4.63.